The van der Waals surface area contributed by atoms with E-state index < -0.39 is 0 Å². The van der Waals surface area contributed by atoms with Crippen LogP contribution in [0.25, 0.3) is 0 Å². The highest BCUT2D eigenvalue weighted by atomic mass is 16.5. The van der Waals surface area contributed by atoms with Crippen LogP contribution >= 0.6 is 0 Å². The Labute approximate surface area is 154 Å². The molecule has 8 heteroatoms. The Kier molecular flexibility index (Phi) is 6.48. The fourth-order valence-corrected chi connectivity index (χ4v) is 4.34. The molecule has 146 valence electrons. The summed E-state index contributed by atoms with van der Waals surface area (Å²) in [5.41, 5.74) is 0. The van der Waals surface area contributed by atoms with Crippen molar-refractivity contribution in [3.8, 4) is 0 Å². The number of carbonyl (C=O) groups is 3. The number of hydrogen-bond acceptors (Lipinski definition) is 5. The van der Waals surface area contributed by atoms with Crippen molar-refractivity contribution in [2.45, 2.75) is 56.7 Å². The van der Waals surface area contributed by atoms with Crippen molar-refractivity contribution in [3.63, 3.8) is 0 Å². The van der Waals surface area contributed by atoms with Gasteiger partial charge in [0.1, 0.15) is 6.61 Å². The number of ether oxygens (including phenoxy) is 1. The molecule has 3 rings (SSSR count). The fraction of sp³-hybridized carbons (Fsp3) is 0.833. The SMILES string of the molecule is COCC(=O)N[C@H]1C[C@H]2C(=O)NC[C@@H](CCC(=O)N3CCCCC3)N2C1. The summed E-state index contributed by atoms with van der Waals surface area (Å²) in [5.74, 6) is 0.0870. The molecule has 3 amide bonds. The molecular formula is C18H30N4O4. The predicted octanol–water partition coefficient (Wildman–Crippen LogP) is -0.517. The fourth-order valence-electron chi connectivity index (χ4n) is 4.34. The van der Waals surface area contributed by atoms with E-state index in [1.54, 1.807) is 0 Å². The third-order valence-corrected chi connectivity index (χ3v) is 5.66. The van der Waals surface area contributed by atoms with Gasteiger partial charge in [-0.2, -0.15) is 0 Å². The van der Waals surface area contributed by atoms with E-state index in [1.165, 1.54) is 13.5 Å². The van der Waals surface area contributed by atoms with E-state index in [1.807, 2.05) is 4.90 Å². The highest BCUT2D eigenvalue weighted by molar-refractivity contribution is 5.84. The summed E-state index contributed by atoms with van der Waals surface area (Å²) >= 11 is 0. The molecule has 0 aliphatic carbocycles. The van der Waals surface area contributed by atoms with Crippen LogP contribution in [0.3, 0.4) is 0 Å². The quantitative estimate of drug-likeness (QED) is 0.660. The summed E-state index contributed by atoms with van der Waals surface area (Å²) in [4.78, 5) is 40.5. The largest absolute Gasteiger partial charge is 0.375 e. The highest BCUT2D eigenvalue weighted by Gasteiger charge is 2.43. The minimum atomic E-state index is -0.216. The van der Waals surface area contributed by atoms with Gasteiger partial charge < -0.3 is 20.3 Å². The number of piperazine rings is 1. The smallest absolute Gasteiger partial charge is 0.246 e. The standard InChI is InChI=1S/C18H30N4O4/c1-26-12-16(23)20-13-9-15-18(25)19-10-14(22(15)11-13)5-6-17(24)21-7-3-2-4-8-21/h13-15H,2-12H2,1H3,(H,19,25)(H,20,23)/t13-,14+,15-/m0/s1. The van der Waals surface area contributed by atoms with E-state index in [4.69, 9.17) is 4.74 Å². The second-order valence-electron chi connectivity index (χ2n) is 7.52. The summed E-state index contributed by atoms with van der Waals surface area (Å²) in [7, 11) is 1.49. The number of piperidine rings is 1. The summed E-state index contributed by atoms with van der Waals surface area (Å²) in [6.07, 6.45) is 5.28. The summed E-state index contributed by atoms with van der Waals surface area (Å²) in [5, 5.41) is 5.90. The second kappa shape index (κ2) is 8.81. The van der Waals surface area contributed by atoms with E-state index in [0.717, 1.165) is 32.4 Å². The van der Waals surface area contributed by atoms with Crippen molar-refractivity contribution in [3.05, 3.63) is 0 Å². The lowest BCUT2D eigenvalue weighted by Crippen LogP contribution is -2.58. The molecule has 3 heterocycles. The van der Waals surface area contributed by atoms with Crippen LogP contribution in [0.4, 0.5) is 0 Å². The zero-order valence-electron chi connectivity index (χ0n) is 15.5. The molecule has 2 N–H and O–H groups in total. The number of amides is 3. The van der Waals surface area contributed by atoms with Crippen molar-refractivity contribution in [2.75, 3.05) is 39.9 Å². The van der Waals surface area contributed by atoms with Gasteiger partial charge in [-0.1, -0.05) is 0 Å². The number of hydrogen-bond donors (Lipinski definition) is 2. The van der Waals surface area contributed by atoms with Gasteiger partial charge in [0.15, 0.2) is 0 Å². The van der Waals surface area contributed by atoms with E-state index in [0.29, 0.717) is 25.9 Å². The molecule has 0 aromatic carbocycles. The van der Waals surface area contributed by atoms with E-state index in [9.17, 15) is 14.4 Å². The Hall–Kier alpha value is -1.67. The predicted molar refractivity (Wildman–Crippen MR) is 95.4 cm³/mol. The van der Waals surface area contributed by atoms with E-state index in [-0.39, 0.29) is 42.5 Å². The number of carbonyl (C=O) groups excluding carboxylic acids is 3. The van der Waals surface area contributed by atoms with Gasteiger partial charge in [0.25, 0.3) is 0 Å². The highest BCUT2D eigenvalue weighted by Crippen LogP contribution is 2.26. The van der Waals surface area contributed by atoms with Crippen molar-refractivity contribution >= 4 is 17.7 Å². The normalized spacial score (nSPS) is 29.2. The number of nitrogens with zero attached hydrogens (tertiary/aromatic N) is 2. The Morgan fingerprint density at radius 3 is 2.77 bits per heavy atom. The molecule has 8 nitrogen and oxygen atoms in total. The first-order valence-electron chi connectivity index (χ1n) is 9.68. The topological polar surface area (TPSA) is 91.0 Å². The summed E-state index contributed by atoms with van der Waals surface area (Å²) in [6, 6.07) is -0.116. The van der Waals surface area contributed by atoms with Crippen LogP contribution < -0.4 is 10.6 Å². The zero-order chi connectivity index (χ0) is 18.5. The first-order valence-corrected chi connectivity index (χ1v) is 9.68. The van der Waals surface area contributed by atoms with Crippen molar-refractivity contribution in [1.29, 1.82) is 0 Å². The van der Waals surface area contributed by atoms with Gasteiger partial charge in [0, 0.05) is 51.8 Å². The molecule has 0 radical (unpaired) electrons. The van der Waals surface area contributed by atoms with Crippen molar-refractivity contribution in [1.82, 2.24) is 20.4 Å². The van der Waals surface area contributed by atoms with Crippen molar-refractivity contribution in [2.24, 2.45) is 0 Å². The molecule has 0 aromatic heterocycles. The molecule has 0 saturated carbocycles. The molecule has 0 spiro atoms. The number of methoxy groups -OCH3 is 1. The van der Waals surface area contributed by atoms with Crippen molar-refractivity contribution < 1.29 is 19.1 Å². The second-order valence-corrected chi connectivity index (χ2v) is 7.52. The molecule has 3 aliphatic rings. The van der Waals surface area contributed by atoms with Gasteiger partial charge in [-0.25, -0.2) is 0 Å². The molecular weight excluding hydrogens is 336 g/mol. The molecule has 3 fully saturated rings. The number of likely N-dealkylation sites (tertiary alicyclic amines) is 1. The number of nitrogens with one attached hydrogen (secondary N) is 2. The lowest BCUT2D eigenvalue weighted by atomic mass is 10.0. The van der Waals surface area contributed by atoms with Crippen LogP contribution in [0.15, 0.2) is 0 Å². The summed E-state index contributed by atoms with van der Waals surface area (Å²) in [6.45, 7) is 3.00. The Bertz CT molecular complexity index is 535. The van der Waals surface area contributed by atoms with Gasteiger partial charge >= 0.3 is 0 Å². The maximum Gasteiger partial charge on any atom is 0.246 e. The number of fused-ring (bicyclic) bond motifs is 1. The van der Waals surface area contributed by atoms with Gasteiger partial charge in [0.2, 0.25) is 17.7 Å². The Morgan fingerprint density at radius 2 is 2.04 bits per heavy atom. The molecule has 0 aromatic rings. The average molecular weight is 366 g/mol. The Morgan fingerprint density at radius 1 is 1.27 bits per heavy atom. The first-order chi connectivity index (χ1) is 12.6. The van der Waals surface area contributed by atoms with Crippen LogP contribution in [0.2, 0.25) is 0 Å². The third-order valence-electron chi connectivity index (χ3n) is 5.66. The van der Waals surface area contributed by atoms with Crippen LogP contribution in [-0.4, -0.2) is 85.5 Å². The monoisotopic (exact) mass is 366 g/mol. The lowest BCUT2D eigenvalue weighted by Gasteiger charge is -2.37. The maximum atomic E-state index is 12.4. The summed E-state index contributed by atoms with van der Waals surface area (Å²) < 4.78 is 4.85. The Balaban J connectivity index is 1.52. The minimum Gasteiger partial charge on any atom is -0.375 e. The van der Waals surface area contributed by atoms with Gasteiger partial charge in [-0.05, 0) is 32.1 Å². The third kappa shape index (κ3) is 4.54. The van der Waals surface area contributed by atoms with Crippen LogP contribution in [0.1, 0.15) is 38.5 Å². The van der Waals surface area contributed by atoms with E-state index in [2.05, 4.69) is 15.5 Å². The van der Waals surface area contributed by atoms with Crippen LogP contribution in [0, 0.1) is 0 Å². The molecule has 3 aliphatic heterocycles. The maximum absolute atomic E-state index is 12.4. The van der Waals surface area contributed by atoms with Gasteiger partial charge in [-0.3, -0.25) is 19.3 Å². The molecule has 0 unspecified atom stereocenters. The minimum absolute atomic E-state index is 0.0205. The average Bonchev–Trinajstić information content (AvgIpc) is 3.06. The van der Waals surface area contributed by atoms with Crippen LogP contribution in [0.5, 0.6) is 0 Å². The van der Waals surface area contributed by atoms with E-state index >= 15 is 0 Å². The molecule has 3 atom stereocenters. The molecule has 0 bridgehead atoms. The van der Waals surface area contributed by atoms with Crippen LogP contribution in [-0.2, 0) is 19.1 Å². The molecule has 3 saturated heterocycles. The molecule has 26 heavy (non-hydrogen) atoms. The lowest BCUT2D eigenvalue weighted by molar-refractivity contribution is -0.133. The zero-order valence-corrected chi connectivity index (χ0v) is 15.5. The van der Waals surface area contributed by atoms with Gasteiger partial charge in [-0.15, -0.1) is 0 Å². The van der Waals surface area contributed by atoms with Gasteiger partial charge in [0.05, 0.1) is 6.04 Å². The number of rotatable bonds is 6. The first kappa shape index (κ1) is 19.1.